The van der Waals surface area contributed by atoms with Crippen molar-refractivity contribution in [3.05, 3.63) is 29.1 Å². The number of benzene rings is 1. The van der Waals surface area contributed by atoms with Gasteiger partial charge in [-0.3, -0.25) is 0 Å². The van der Waals surface area contributed by atoms with E-state index in [1.165, 1.54) is 12.1 Å². The molecule has 1 aliphatic heterocycles. The molecule has 4 heteroatoms. The molecule has 0 amide bonds. The van der Waals surface area contributed by atoms with Crippen LogP contribution in [0, 0.1) is 17.1 Å². The average molecular weight is 178 g/mol. The second-order valence-electron chi connectivity index (χ2n) is 2.87. The van der Waals surface area contributed by atoms with Crippen molar-refractivity contribution in [2.75, 3.05) is 6.61 Å². The molecule has 13 heavy (non-hydrogen) atoms. The minimum atomic E-state index is -0.455. The summed E-state index contributed by atoms with van der Waals surface area (Å²) in [5, 5.41) is 8.69. The van der Waals surface area contributed by atoms with E-state index >= 15 is 0 Å². The van der Waals surface area contributed by atoms with Crippen molar-refractivity contribution < 1.29 is 9.13 Å². The smallest absolute Gasteiger partial charge is 0.144 e. The monoisotopic (exact) mass is 178 g/mol. The van der Waals surface area contributed by atoms with Crippen molar-refractivity contribution >= 4 is 0 Å². The van der Waals surface area contributed by atoms with Crippen molar-refractivity contribution in [3.8, 4) is 11.8 Å². The third kappa shape index (κ3) is 1.05. The van der Waals surface area contributed by atoms with E-state index in [0.717, 1.165) is 0 Å². The molecule has 2 rings (SSSR count). The molecule has 1 atom stereocenters. The van der Waals surface area contributed by atoms with Crippen molar-refractivity contribution in [2.24, 2.45) is 5.73 Å². The van der Waals surface area contributed by atoms with Crippen LogP contribution in [0.1, 0.15) is 17.2 Å². The first-order valence-electron chi connectivity index (χ1n) is 3.85. The Kier molecular flexibility index (Phi) is 1.67. The van der Waals surface area contributed by atoms with Crippen LogP contribution in [-0.2, 0) is 0 Å². The summed E-state index contributed by atoms with van der Waals surface area (Å²) < 4.78 is 18.3. The van der Waals surface area contributed by atoms with E-state index in [1.54, 1.807) is 0 Å². The van der Waals surface area contributed by atoms with Crippen molar-refractivity contribution in [1.29, 1.82) is 5.26 Å². The number of hydrogen-bond acceptors (Lipinski definition) is 3. The highest BCUT2D eigenvalue weighted by Gasteiger charge is 2.27. The molecule has 0 bridgehead atoms. The van der Waals surface area contributed by atoms with Crippen LogP contribution < -0.4 is 10.5 Å². The van der Waals surface area contributed by atoms with Gasteiger partial charge in [-0.15, -0.1) is 0 Å². The van der Waals surface area contributed by atoms with Crippen LogP contribution in [0.5, 0.6) is 5.75 Å². The maximum atomic E-state index is 13.2. The van der Waals surface area contributed by atoms with Crippen LogP contribution in [-0.4, -0.2) is 6.61 Å². The number of halogens is 1. The Bertz CT molecular complexity index is 397. The molecule has 2 N–H and O–H groups in total. The molecule has 0 unspecified atom stereocenters. The Hall–Kier alpha value is -1.60. The zero-order chi connectivity index (χ0) is 9.42. The molecule has 1 heterocycles. The van der Waals surface area contributed by atoms with Crippen LogP contribution in [0.3, 0.4) is 0 Å². The zero-order valence-electron chi connectivity index (χ0n) is 6.75. The first-order valence-corrected chi connectivity index (χ1v) is 3.85. The highest BCUT2D eigenvalue weighted by molar-refractivity contribution is 5.52. The molecule has 0 saturated carbocycles. The second-order valence-corrected chi connectivity index (χ2v) is 2.87. The largest absolute Gasteiger partial charge is 0.490 e. The number of ether oxygens (including phenoxy) is 1. The molecule has 0 fully saturated rings. The van der Waals surface area contributed by atoms with Gasteiger partial charge >= 0.3 is 0 Å². The molecule has 0 spiro atoms. The topological polar surface area (TPSA) is 59.0 Å². The standard InChI is InChI=1S/C9H7FN2O/c10-6-2-1-5(3-11)9-8(6)7(12)4-13-9/h1-2,7H,4,12H2/t7-/m0/s1. The van der Waals surface area contributed by atoms with Gasteiger partial charge in [0, 0.05) is 0 Å². The Morgan fingerprint density at radius 1 is 1.62 bits per heavy atom. The molecule has 0 radical (unpaired) electrons. The third-order valence-electron chi connectivity index (χ3n) is 2.04. The van der Waals surface area contributed by atoms with Crippen molar-refractivity contribution in [2.45, 2.75) is 6.04 Å². The molecule has 0 saturated heterocycles. The number of fused-ring (bicyclic) bond motifs is 1. The predicted octanol–water partition coefficient (Wildman–Crippen LogP) is 1.09. The molecule has 1 aromatic rings. The number of rotatable bonds is 0. The minimum absolute atomic E-state index is 0.241. The highest BCUT2D eigenvalue weighted by Crippen LogP contribution is 2.35. The van der Waals surface area contributed by atoms with Crippen molar-refractivity contribution in [1.82, 2.24) is 0 Å². The Morgan fingerprint density at radius 2 is 2.38 bits per heavy atom. The summed E-state index contributed by atoms with van der Waals surface area (Å²) in [5.74, 6) is -0.103. The minimum Gasteiger partial charge on any atom is -0.490 e. The van der Waals surface area contributed by atoms with E-state index < -0.39 is 11.9 Å². The Balaban J connectivity index is 2.67. The van der Waals surface area contributed by atoms with Gasteiger partial charge in [0.1, 0.15) is 24.2 Å². The first kappa shape index (κ1) is 8.02. The molecule has 0 aliphatic carbocycles. The third-order valence-corrected chi connectivity index (χ3v) is 2.04. The molecule has 1 aromatic carbocycles. The quantitative estimate of drug-likeness (QED) is 0.646. The SMILES string of the molecule is N#Cc1ccc(F)c2c1OC[C@@H]2N. The molecule has 3 nitrogen and oxygen atoms in total. The van der Waals surface area contributed by atoms with Crippen LogP contribution in [0.4, 0.5) is 4.39 Å². The Morgan fingerprint density at radius 3 is 3.08 bits per heavy atom. The van der Waals surface area contributed by atoms with Crippen molar-refractivity contribution in [3.63, 3.8) is 0 Å². The average Bonchev–Trinajstić information content (AvgIpc) is 2.50. The lowest BCUT2D eigenvalue weighted by Crippen LogP contribution is -2.11. The van der Waals surface area contributed by atoms with Gasteiger partial charge in [0.2, 0.25) is 0 Å². The highest BCUT2D eigenvalue weighted by atomic mass is 19.1. The van der Waals surface area contributed by atoms with Crippen LogP contribution in [0.25, 0.3) is 0 Å². The van der Waals surface area contributed by atoms with Gasteiger partial charge in [0.25, 0.3) is 0 Å². The summed E-state index contributed by atoms with van der Waals surface area (Å²) in [7, 11) is 0. The number of hydrogen-bond donors (Lipinski definition) is 1. The number of nitriles is 1. The molecular formula is C9H7FN2O. The fourth-order valence-electron chi connectivity index (χ4n) is 1.42. The lowest BCUT2D eigenvalue weighted by Gasteiger charge is -2.02. The van der Waals surface area contributed by atoms with Gasteiger partial charge in [-0.1, -0.05) is 0 Å². The number of nitrogens with two attached hydrogens (primary N) is 1. The normalized spacial score (nSPS) is 19.0. The van der Waals surface area contributed by atoms with E-state index in [0.29, 0.717) is 16.9 Å². The van der Waals surface area contributed by atoms with Crippen LogP contribution in [0.2, 0.25) is 0 Å². The summed E-state index contributed by atoms with van der Waals surface area (Å²) in [4.78, 5) is 0. The molecule has 66 valence electrons. The summed E-state index contributed by atoms with van der Waals surface area (Å²) in [5.41, 5.74) is 6.25. The molecule has 0 aromatic heterocycles. The van der Waals surface area contributed by atoms with Crippen LogP contribution >= 0.6 is 0 Å². The summed E-state index contributed by atoms with van der Waals surface area (Å²) in [6.45, 7) is 0.241. The molecular weight excluding hydrogens is 171 g/mol. The zero-order valence-corrected chi connectivity index (χ0v) is 6.75. The predicted molar refractivity (Wildman–Crippen MR) is 43.5 cm³/mol. The first-order chi connectivity index (χ1) is 6.24. The van der Waals surface area contributed by atoms with Gasteiger partial charge in [-0.2, -0.15) is 5.26 Å². The van der Waals surface area contributed by atoms with E-state index in [-0.39, 0.29) is 6.61 Å². The van der Waals surface area contributed by atoms with Crippen LogP contribution in [0.15, 0.2) is 12.1 Å². The second kappa shape index (κ2) is 2.71. The van der Waals surface area contributed by atoms with E-state index in [9.17, 15) is 4.39 Å². The summed E-state index contributed by atoms with van der Waals surface area (Å²) in [6, 6.07) is 4.11. The van der Waals surface area contributed by atoms with E-state index in [2.05, 4.69) is 0 Å². The molecule has 1 aliphatic rings. The lowest BCUT2D eigenvalue weighted by atomic mass is 10.1. The van der Waals surface area contributed by atoms with Gasteiger partial charge in [-0.25, -0.2) is 4.39 Å². The summed E-state index contributed by atoms with van der Waals surface area (Å²) >= 11 is 0. The van der Waals surface area contributed by atoms with Gasteiger partial charge in [-0.05, 0) is 12.1 Å². The fraction of sp³-hybridized carbons (Fsp3) is 0.222. The van der Waals surface area contributed by atoms with E-state index in [1.807, 2.05) is 6.07 Å². The number of nitrogens with zero attached hydrogens (tertiary/aromatic N) is 1. The maximum absolute atomic E-state index is 13.2. The summed E-state index contributed by atoms with van der Waals surface area (Å²) in [6.07, 6.45) is 0. The maximum Gasteiger partial charge on any atom is 0.144 e. The van der Waals surface area contributed by atoms with Gasteiger partial charge in [0.15, 0.2) is 0 Å². The lowest BCUT2D eigenvalue weighted by molar-refractivity contribution is 0.332. The Labute approximate surface area is 74.5 Å². The van der Waals surface area contributed by atoms with Gasteiger partial charge in [0.05, 0.1) is 17.2 Å². The fourth-order valence-corrected chi connectivity index (χ4v) is 1.42. The van der Waals surface area contributed by atoms with E-state index in [4.69, 9.17) is 15.7 Å². The van der Waals surface area contributed by atoms with Gasteiger partial charge < -0.3 is 10.5 Å².